The molecule has 1 atom stereocenters. The van der Waals surface area contributed by atoms with Gasteiger partial charge in [-0.2, -0.15) is 0 Å². The highest BCUT2D eigenvalue weighted by Gasteiger charge is 2.14. The van der Waals surface area contributed by atoms with E-state index in [0.717, 1.165) is 27.5 Å². The molecule has 2 aromatic rings. The van der Waals surface area contributed by atoms with Crippen LogP contribution in [-0.2, 0) is 6.42 Å². The maximum atomic E-state index is 13.5. The Labute approximate surface area is 142 Å². The van der Waals surface area contributed by atoms with Crippen LogP contribution in [0.2, 0.25) is 0 Å². The van der Waals surface area contributed by atoms with E-state index in [1.807, 2.05) is 0 Å². The monoisotopic (exact) mass is 413 g/mol. The van der Waals surface area contributed by atoms with E-state index in [-0.39, 0.29) is 11.9 Å². The Balaban J connectivity index is 2.32. The second-order valence-electron chi connectivity index (χ2n) is 5.11. The summed E-state index contributed by atoms with van der Waals surface area (Å²) in [4.78, 5) is 0. The van der Waals surface area contributed by atoms with Crippen molar-refractivity contribution in [3.05, 3.63) is 67.9 Å². The van der Waals surface area contributed by atoms with Crippen molar-refractivity contribution >= 4 is 31.9 Å². The predicted octanol–water partition coefficient (Wildman–Crippen LogP) is 5.55. The van der Waals surface area contributed by atoms with Gasteiger partial charge in [0.25, 0.3) is 0 Å². The first kappa shape index (κ1) is 16.7. The molecule has 0 bridgehead atoms. The molecule has 0 spiro atoms. The summed E-state index contributed by atoms with van der Waals surface area (Å²) in [5.74, 6) is -0.200. The average Bonchev–Trinajstić information content (AvgIpc) is 2.41. The molecule has 2 aromatic carbocycles. The number of rotatable bonds is 5. The Morgan fingerprint density at radius 3 is 2.57 bits per heavy atom. The standard InChI is InChI=1S/C17H18Br2FN/c1-3-21-17(13-6-11(2)7-14(18)8-13)10-12-9-15(20)4-5-16(12)19/h4-9,17,21H,3,10H2,1-2H3. The maximum Gasteiger partial charge on any atom is 0.123 e. The molecule has 0 radical (unpaired) electrons. The SMILES string of the molecule is CCNC(Cc1cc(F)ccc1Br)c1cc(C)cc(Br)c1. The number of hydrogen-bond acceptors (Lipinski definition) is 1. The van der Waals surface area contributed by atoms with Crippen molar-refractivity contribution < 1.29 is 4.39 Å². The molecule has 0 saturated carbocycles. The number of likely N-dealkylation sites (N-methyl/N-ethyl adjacent to an activating group) is 1. The van der Waals surface area contributed by atoms with Crippen LogP contribution in [0.3, 0.4) is 0 Å². The Kier molecular flexibility index (Phi) is 5.97. The van der Waals surface area contributed by atoms with Crippen LogP contribution in [0.15, 0.2) is 45.3 Å². The molecule has 0 heterocycles. The highest BCUT2D eigenvalue weighted by Crippen LogP contribution is 2.27. The molecule has 0 aromatic heterocycles. The van der Waals surface area contributed by atoms with E-state index in [1.165, 1.54) is 17.2 Å². The van der Waals surface area contributed by atoms with Gasteiger partial charge in [0.05, 0.1) is 0 Å². The zero-order valence-electron chi connectivity index (χ0n) is 12.1. The topological polar surface area (TPSA) is 12.0 Å². The van der Waals surface area contributed by atoms with Crippen molar-refractivity contribution in [2.75, 3.05) is 6.54 Å². The number of halogens is 3. The van der Waals surface area contributed by atoms with Crippen LogP contribution in [0.1, 0.15) is 29.7 Å². The highest BCUT2D eigenvalue weighted by molar-refractivity contribution is 9.10. The minimum absolute atomic E-state index is 0.157. The van der Waals surface area contributed by atoms with Gasteiger partial charge in [0, 0.05) is 15.0 Å². The van der Waals surface area contributed by atoms with Crippen LogP contribution in [-0.4, -0.2) is 6.54 Å². The van der Waals surface area contributed by atoms with Crippen molar-refractivity contribution in [2.24, 2.45) is 0 Å². The van der Waals surface area contributed by atoms with E-state index in [9.17, 15) is 4.39 Å². The first-order valence-electron chi connectivity index (χ1n) is 6.94. The molecular weight excluding hydrogens is 397 g/mol. The smallest absolute Gasteiger partial charge is 0.123 e. The first-order valence-corrected chi connectivity index (χ1v) is 8.52. The zero-order valence-corrected chi connectivity index (χ0v) is 15.3. The van der Waals surface area contributed by atoms with E-state index in [0.29, 0.717) is 0 Å². The normalized spacial score (nSPS) is 12.4. The lowest BCUT2D eigenvalue weighted by Gasteiger charge is -2.20. The maximum absolute atomic E-state index is 13.5. The van der Waals surface area contributed by atoms with Gasteiger partial charge in [-0.05, 0) is 66.9 Å². The Hall–Kier alpha value is -0.710. The number of benzene rings is 2. The fourth-order valence-corrected chi connectivity index (χ4v) is 3.47. The van der Waals surface area contributed by atoms with Gasteiger partial charge in [-0.3, -0.25) is 0 Å². The quantitative estimate of drug-likeness (QED) is 0.675. The molecule has 1 unspecified atom stereocenters. The lowest BCUT2D eigenvalue weighted by Crippen LogP contribution is -2.23. The predicted molar refractivity (Wildman–Crippen MR) is 93.1 cm³/mol. The highest BCUT2D eigenvalue weighted by atomic mass is 79.9. The van der Waals surface area contributed by atoms with Gasteiger partial charge in [0.2, 0.25) is 0 Å². The lowest BCUT2D eigenvalue weighted by molar-refractivity contribution is 0.545. The van der Waals surface area contributed by atoms with Crippen molar-refractivity contribution in [1.82, 2.24) is 5.32 Å². The van der Waals surface area contributed by atoms with Crippen LogP contribution in [0.25, 0.3) is 0 Å². The summed E-state index contributed by atoms with van der Waals surface area (Å²) in [5, 5.41) is 3.48. The van der Waals surface area contributed by atoms with Gasteiger partial charge in [-0.1, -0.05) is 44.8 Å². The molecule has 0 amide bonds. The summed E-state index contributed by atoms with van der Waals surface area (Å²) in [6, 6.07) is 11.4. The number of aryl methyl sites for hydroxylation is 1. The van der Waals surface area contributed by atoms with Crippen LogP contribution < -0.4 is 5.32 Å². The van der Waals surface area contributed by atoms with Crippen molar-refractivity contribution in [3.8, 4) is 0 Å². The van der Waals surface area contributed by atoms with Gasteiger partial charge < -0.3 is 5.32 Å². The third-order valence-electron chi connectivity index (χ3n) is 3.35. The van der Waals surface area contributed by atoms with E-state index in [1.54, 1.807) is 12.1 Å². The number of nitrogens with one attached hydrogen (secondary N) is 1. The molecule has 4 heteroatoms. The molecule has 21 heavy (non-hydrogen) atoms. The molecule has 0 aliphatic heterocycles. The van der Waals surface area contributed by atoms with E-state index in [4.69, 9.17) is 0 Å². The Bertz CT molecular complexity index is 608. The van der Waals surface area contributed by atoms with Crippen molar-refractivity contribution in [1.29, 1.82) is 0 Å². The molecule has 112 valence electrons. The van der Waals surface area contributed by atoms with Crippen LogP contribution in [0, 0.1) is 12.7 Å². The average molecular weight is 415 g/mol. The fraction of sp³-hybridized carbons (Fsp3) is 0.294. The molecular formula is C17H18Br2FN. The van der Waals surface area contributed by atoms with Gasteiger partial charge in [-0.25, -0.2) is 4.39 Å². The Morgan fingerprint density at radius 2 is 1.90 bits per heavy atom. The second-order valence-corrected chi connectivity index (χ2v) is 6.88. The summed E-state index contributed by atoms with van der Waals surface area (Å²) in [5.41, 5.74) is 3.39. The van der Waals surface area contributed by atoms with E-state index >= 15 is 0 Å². The minimum Gasteiger partial charge on any atom is -0.310 e. The van der Waals surface area contributed by atoms with Gasteiger partial charge >= 0.3 is 0 Å². The van der Waals surface area contributed by atoms with Crippen LogP contribution >= 0.6 is 31.9 Å². The summed E-state index contributed by atoms with van der Waals surface area (Å²) >= 11 is 7.05. The van der Waals surface area contributed by atoms with Crippen molar-refractivity contribution in [3.63, 3.8) is 0 Å². The summed E-state index contributed by atoms with van der Waals surface area (Å²) in [6.07, 6.45) is 0.738. The van der Waals surface area contributed by atoms with E-state index < -0.39 is 0 Å². The summed E-state index contributed by atoms with van der Waals surface area (Å²) in [7, 11) is 0. The first-order chi connectivity index (χ1) is 9.99. The second kappa shape index (κ2) is 7.52. The number of hydrogen-bond donors (Lipinski definition) is 1. The molecule has 1 nitrogen and oxygen atoms in total. The molecule has 1 N–H and O–H groups in total. The van der Waals surface area contributed by atoms with Crippen molar-refractivity contribution in [2.45, 2.75) is 26.3 Å². The summed E-state index contributed by atoms with van der Waals surface area (Å²) < 4.78 is 15.5. The van der Waals surface area contributed by atoms with Gasteiger partial charge in [0.15, 0.2) is 0 Å². The molecule has 2 rings (SSSR count). The third-order valence-corrected chi connectivity index (χ3v) is 4.58. The van der Waals surface area contributed by atoms with Crippen LogP contribution in [0.4, 0.5) is 4.39 Å². The summed E-state index contributed by atoms with van der Waals surface area (Å²) in [6.45, 7) is 5.02. The zero-order chi connectivity index (χ0) is 15.4. The third kappa shape index (κ3) is 4.63. The van der Waals surface area contributed by atoms with E-state index in [2.05, 4.69) is 69.2 Å². The fourth-order valence-electron chi connectivity index (χ4n) is 2.44. The molecule has 0 aliphatic carbocycles. The molecule has 0 aliphatic rings. The largest absolute Gasteiger partial charge is 0.310 e. The Morgan fingerprint density at radius 1 is 1.14 bits per heavy atom. The minimum atomic E-state index is -0.200. The van der Waals surface area contributed by atoms with Gasteiger partial charge in [-0.15, -0.1) is 0 Å². The molecule has 0 saturated heterocycles. The molecule has 0 fully saturated rings. The van der Waals surface area contributed by atoms with Crippen LogP contribution in [0.5, 0.6) is 0 Å². The van der Waals surface area contributed by atoms with Gasteiger partial charge in [0.1, 0.15) is 5.82 Å². The lowest BCUT2D eigenvalue weighted by atomic mass is 9.97.